The van der Waals surface area contributed by atoms with Crippen LogP contribution in [0.15, 0.2) is 9.90 Å². The molecule has 0 bridgehead atoms. The van der Waals surface area contributed by atoms with Crippen LogP contribution in [0, 0.1) is 12.8 Å². The molecule has 24 heavy (non-hydrogen) atoms. The van der Waals surface area contributed by atoms with Crippen molar-refractivity contribution >= 4 is 22.5 Å². The van der Waals surface area contributed by atoms with Crippen molar-refractivity contribution in [3.05, 3.63) is 22.8 Å². The van der Waals surface area contributed by atoms with Gasteiger partial charge in [-0.2, -0.15) is 4.98 Å². The van der Waals surface area contributed by atoms with Crippen LogP contribution in [0.5, 0.6) is 0 Å². The molecule has 4 rings (SSSR count). The fourth-order valence-electron chi connectivity index (χ4n) is 3.10. The third-order valence-electron chi connectivity index (χ3n) is 4.67. The molecular formula is C16H21N5O2S. The van der Waals surface area contributed by atoms with Gasteiger partial charge in [-0.1, -0.05) is 5.16 Å². The Hall–Kier alpha value is -1.96. The molecule has 1 aliphatic carbocycles. The highest BCUT2D eigenvalue weighted by Gasteiger charge is 2.27. The van der Waals surface area contributed by atoms with Gasteiger partial charge >= 0.3 is 6.03 Å². The summed E-state index contributed by atoms with van der Waals surface area (Å²) in [6, 6.07) is -0.0412. The molecule has 2 fully saturated rings. The van der Waals surface area contributed by atoms with E-state index in [2.05, 4.69) is 25.8 Å². The summed E-state index contributed by atoms with van der Waals surface area (Å²) in [5.41, 5.74) is 1.13. The number of likely N-dealkylation sites (tertiary alicyclic amines) is 1. The highest BCUT2D eigenvalue weighted by atomic mass is 32.1. The fourth-order valence-corrected chi connectivity index (χ4v) is 3.89. The Balaban J connectivity index is 1.26. The van der Waals surface area contributed by atoms with E-state index in [0.29, 0.717) is 22.9 Å². The summed E-state index contributed by atoms with van der Waals surface area (Å²) in [6.07, 6.45) is 5.21. The second kappa shape index (κ2) is 6.51. The molecule has 2 aromatic heterocycles. The number of amides is 2. The number of aromatic nitrogens is 3. The van der Waals surface area contributed by atoms with E-state index >= 15 is 0 Å². The van der Waals surface area contributed by atoms with E-state index in [1.807, 2.05) is 4.90 Å². The van der Waals surface area contributed by atoms with Gasteiger partial charge in [0, 0.05) is 37.7 Å². The van der Waals surface area contributed by atoms with E-state index in [1.54, 1.807) is 6.92 Å². The summed E-state index contributed by atoms with van der Waals surface area (Å²) in [4.78, 5) is 23.0. The number of urea groups is 1. The smallest absolute Gasteiger partial charge is 0.323 e. The number of carbonyl (C=O) groups excluding carboxylic acids is 1. The fraction of sp³-hybridized carbons (Fsp3) is 0.625. The zero-order valence-corrected chi connectivity index (χ0v) is 14.5. The first-order valence-corrected chi connectivity index (χ1v) is 9.36. The van der Waals surface area contributed by atoms with E-state index in [-0.39, 0.29) is 6.03 Å². The molecule has 1 N–H and O–H groups in total. The van der Waals surface area contributed by atoms with Crippen LogP contribution in [-0.2, 0) is 6.42 Å². The SMILES string of the molecule is Cc1nc(CC2CCN(C(=O)Nc3nc(C4CC4)cs3)CC2)no1. The summed E-state index contributed by atoms with van der Waals surface area (Å²) in [6.45, 7) is 3.32. The summed E-state index contributed by atoms with van der Waals surface area (Å²) < 4.78 is 5.01. The minimum atomic E-state index is -0.0412. The number of nitrogens with one attached hydrogen (secondary N) is 1. The molecular weight excluding hydrogens is 326 g/mol. The Morgan fingerprint density at radius 2 is 2.12 bits per heavy atom. The van der Waals surface area contributed by atoms with Crippen LogP contribution in [0.1, 0.15) is 49.0 Å². The van der Waals surface area contributed by atoms with Gasteiger partial charge in [-0.3, -0.25) is 5.32 Å². The monoisotopic (exact) mass is 347 g/mol. The maximum atomic E-state index is 12.4. The van der Waals surface area contributed by atoms with E-state index in [9.17, 15) is 4.79 Å². The lowest BCUT2D eigenvalue weighted by Gasteiger charge is -2.31. The minimum absolute atomic E-state index is 0.0412. The molecule has 0 unspecified atom stereocenters. The molecule has 7 nitrogen and oxygen atoms in total. The van der Waals surface area contributed by atoms with Crippen molar-refractivity contribution in [2.45, 2.75) is 44.9 Å². The van der Waals surface area contributed by atoms with Crippen molar-refractivity contribution < 1.29 is 9.32 Å². The summed E-state index contributed by atoms with van der Waals surface area (Å²) in [7, 11) is 0. The van der Waals surface area contributed by atoms with Gasteiger partial charge < -0.3 is 9.42 Å². The number of nitrogens with zero attached hydrogens (tertiary/aromatic N) is 4. The Bertz CT molecular complexity index is 716. The molecule has 1 saturated carbocycles. The van der Waals surface area contributed by atoms with Gasteiger partial charge in [0.15, 0.2) is 11.0 Å². The summed E-state index contributed by atoms with van der Waals surface area (Å²) in [5.74, 6) is 2.51. The number of thiazole rings is 1. The molecule has 2 aromatic rings. The van der Waals surface area contributed by atoms with Crippen LogP contribution in [0.4, 0.5) is 9.93 Å². The van der Waals surface area contributed by atoms with E-state index < -0.39 is 0 Å². The van der Waals surface area contributed by atoms with Crippen LogP contribution in [0.2, 0.25) is 0 Å². The van der Waals surface area contributed by atoms with Gasteiger partial charge in [0.1, 0.15) is 0 Å². The number of hydrogen-bond acceptors (Lipinski definition) is 6. The predicted octanol–water partition coefficient (Wildman–Crippen LogP) is 3.20. The van der Waals surface area contributed by atoms with Crippen LogP contribution in [-0.4, -0.2) is 39.1 Å². The van der Waals surface area contributed by atoms with Gasteiger partial charge in [-0.25, -0.2) is 9.78 Å². The number of piperidine rings is 1. The van der Waals surface area contributed by atoms with Gasteiger partial charge in [0.2, 0.25) is 5.89 Å². The number of anilines is 1. The lowest BCUT2D eigenvalue weighted by molar-refractivity contribution is 0.181. The van der Waals surface area contributed by atoms with Crippen molar-refractivity contribution in [3.8, 4) is 0 Å². The zero-order valence-electron chi connectivity index (χ0n) is 13.7. The topological polar surface area (TPSA) is 84.2 Å². The van der Waals surface area contributed by atoms with Crippen molar-refractivity contribution in [1.29, 1.82) is 0 Å². The van der Waals surface area contributed by atoms with Gasteiger partial charge in [0.25, 0.3) is 0 Å². The predicted molar refractivity (Wildman–Crippen MR) is 90.1 cm³/mol. The third kappa shape index (κ3) is 3.58. The largest absolute Gasteiger partial charge is 0.340 e. The Labute approximate surface area is 144 Å². The van der Waals surface area contributed by atoms with Gasteiger partial charge in [0.05, 0.1) is 5.69 Å². The van der Waals surface area contributed by atoms with E-state index in [1.165, 1.54) is 24.2 Å². The van der Waals surface area contributed by atoms with Crippen molar-refractivity contribution in [1.82, 2.24) is 20.0 Å². The quantitative estimate of drug-likeness (QED) is 0.918. The zero-order chi connectivity index (χ0) is 16.5. The number of carbonyl (C=O) groups is 1. The lowest BCUT2D eigenvalue weighted by Crippen LogP contribution is -2.41. The molecule has 1 saturated heterocycles. The molecule has 3 heterocycles. The normalized spacial score (nSPS) is 18.8. The summed E-state index contributed by atoms with van der Waals surface area (Å²) in [5, 5.41) is 9.67. The van der Waals surface area contributed by atoms with Crippen LogP contribution in [0.25, 0.3) is 0 Å². The highest BCUT2D eigenvalue weighted by Crippen LogP contribution is 2.40. The van der Waals surface area contributed by atoms with E-state index in [0.717, 1.165) is 43.9 Å². The van der Waals surface area contributed by atoms with Gasteiger partial charge in [-0.15, -0.1) is 11.3 Å². The van der Waals surface area contributed by atoms with Crippen LogP contribution in [0.3, 0.4) is 0 Å². The molecule has 1 aliphatic heterocycles. The van der Waals surface area contributed by atoms with Crippen LogP contribution >= 0.6 is 11.3 Å². The van der Waals surface area contributed by atoms with Crippen molar-refractivity contribution in [2.24, 2.45) is 5.92 Å². The highest BCUT2D eigenvalue weighted by molar-refractivity contribution is 7.13. The standard InChI is InChI=1S/C16H21N5O2S/c1-10-17-14(20-23-10)8-11-4-6-21(7-5-11)16(22)19-15-18-13(9-24-15)12-2-3-12/h9,11-12H,2-8H2,1H3,(H,18,19,22). The number of aryl methyl sites for hydroxylation is 1. The molecule has 0 aromatic carbocycles. The first-order chi connectivity index (χ1) is 11.7. The lowest BCUT2D eigenvalue weighted by atomic mass is 9.93. The van der Waals surface area contributed by atoms with Gasteiger partial charge in [-0.05, 0) is 31.6 Å². The molecule has 0 spiro atoms. The maximum absolute atomic E-state index is 12.4. The Kier molecular flexibility index (Phi) is 4.22. The molecule has 128 valence electrons. The average molecular weight is 347 g/mol. The second-order valence-corrected chi connectivity index (χ2v) is 7.50. The van der Waals surface area contributed by atoms with Crippen molar-refractivity contribution in [3.63, 3.8) is 0 Å². The molecule has 2 aliphatic rings. The van der Waals surface area contributed by atoms with E-state index in [4.69, 9.17) is 4.52 Å². The average Bonchev–Trinajstić information content (AvgIpc) is 3.20. The minimum Gasteiger partial charge on any atom is -0.340 e. The molecule has 8 heteroatoms. The number of rotatable bonds is 4. The Morgan fingerprint density at radius 1 is 1.33 bits per heavy atom. The molecule has 2 amide bonds. The second-order valence-electron chi connectivity index (χ2n) is 6.65. The van der Waals surface area contributed by atoms with Crippen molar-refractivity contribution in [2.75, 3.05) is 18.4 Å². The Morgan fingerprint density at radius 3 is 2.79 bits per heavy atom. The van der Waals surface area contributed by atoms with Crippen LogP contribution < -0.4 is 5.32 Å². The molecule has 0 radical (unpaired) electrons. The number of hydrogen-bond donors (Lipinski definition) is 1. The summed E-state index contributed by atoms with van der Waals surface area (Å²) >= 11 is 1.52. The first-order valence-electron chi connectivity index (χ1n) is 8.48. The maximum Gasteiger partial charge on any atom is 0.323 e. The first kappa shape index (κ1) is 15.6. The third-order valence-corrected chi connectivity index (χ3v) is 5.45. The molecule has 0 atom stereocenters.